The minimum Gasteiger partial charge on any atom is -0.356 e. The monoisotopic (exact) mass is 236 g/mol. The molecule has 5 heteroatoms. The zero-order valence-electron chi connectivity index (χ0n) is 10.3. The molecule has 2 rings (SSSR count). The van der Waals surface area contributed by atoms with Gasteiger partial charge in [-0.1, -0.05) is 0 Å². The van der Waals surface area contributed by atoms with E-state index >= 15 is 0 Å². The first-order chi connectivity index (χ1) is 8.28. The first kappa shape index (κ1) is 12.1. The topological polar surface area (TPSA) is 59.0 Å². The molecular weight excluding hydrogens is 216 g/mol. The van der Waals surface area contributed by atoms with Gasteiger partial charge in [0.2, 0.25) is 5.91 Å². The number of hydrogen-bond acceptors (Lipinski definition) is 3. The zero-order chi connectivity index (χ0) is 12.1. The summed E-state index contributed by atoms with van der Waals surface area (Å²) < 4.78 is 1.97. The lowest BCUT2D eigenvalue weighted by molar-refractivity contribution is -0.121. The number of amides is 1. The molecule has 0 saturated heterocycles. The van der Waals surface area contributed by atoms with Gasteiger partial charge in [0, 0.05) is 38.3 Å². The van der Waals surface area contributed by atoms with Crippen LogP contribution in [-0.2, 0) is 17.9 Å². The Bertz CT molecular complexity index is 370. The van der Waals surface area contributed by atoms with Crippen LogP contribution in [0.3, 0.4) is 0 Å². The summed E-state index contributed by atoms with van der Waals surface area (Å²) in [6, 6.07) is 0.704. The molecule has 1 aromatic rings. The van der Waals surface area contributed by atoms with Crippen LogP contribution in [0, 0.1) is 0 Å². The maximum absolute atomic E-state index is 11.3. The molecule has 1 heterocycles. The molecule has 17 heavy (non-hydrogen) atoms. The summed E-state index contributed by atoms with van der Waals surface area (Å²) >= 11 is 0. The van der Waals surface area contributed by atoms with Gasteiger partial charge >= 0.3 is 0 Å². The Hall–Kier alpha value is -1.36. The molecule has 5 nitrogen and oxygen atoms in total. The summed E-state index contributed by atoms with van der Waals surface area (Å²) in [6.07, 6.45) is 6.90. The minimum atomic E-state index is 0.0962. The van der Waals surface area contributed by atoms with Crippen molar-refractivity contribution in [1.82, 2.24) is 20.2 Å². The Kier molecular flexibility index (Phi) is 4.14. The van der Waals surface area contributed by atoms with Crippen LogP contribution in [0.2, 0.25) is 0 Å². The third-order valence-corrected chi connectivity index (χ3v) is 2.81. The van der Waals surface area contributed by atoms with Gasteiger partial charge in [0.15, 0.2) is 0 Å². The lowest BCUT2D eigenvalue weighted by Gasteiger charge is -2.02. The number of imidazole rings is 1. The normalized spacial score (nSPS) is 14.9. The van der Waals surface area contributed by atoms with E-state index < -0.39 is 0 Å². The standard InChI is InChI=1S/C12H20N4O/c1-2-13-12(17)5-6-16-8-11(15-9-16)7-14-10-3-4-10/h8-10,14H,2-7H2,1H3,(H,13,17). The second-order valence-corrected chi connectivity index (χ2v) is 4.46. The van der Waals surface area contributed by atoms with Crippen molar-refractivity contribution in [2.24, 2.45) is 0 Å². The van der Waals surface area contributed by atoms with E-state index in [-0.39, 0.29) is 5.91 Å². The van der Waals surface area contributed by atoms with Gasteiger partial charge in [-0.2, -0.15) is 0 Å². The second-order valence-electron chi connectivity index (χ2n) is 4.46. The Balaban J connectivity index is 1.71. The fourth-order valence-electron chi connectivity index (χ4n) is 1.67. The van der Waals surface area contributed by atoms with Gasteiger partial charge in [0.05, 0.1) is 12.0 Å². The van der Waals surface area contributed by atoms with Gasteiger partial charge < -0.3 is 15.2 Å². The van der Waals surface area contributed by atoms with Crippen LogP contribution in [0.25, 0.3) is 0 Å². The summed E-state index contributed by atoms with van der Waals surface area (Å²) in [5.74, 6) is 0.0962. The average molecular weight is 236 g/mol. The molecular formula is C12H20N4O. The molecule has 1 fully saturated rings. The highest BCUT2D eigenvalue weighted by Gasteiger charge is 2.20. The molecule has 0 radical (unpaired) electrons. The molecule has 1 aliphatic carbocycles. The van der Waals surface area contributed by atoms with Crippen molar-refractivity contribution in [3.63, 3.8) is 0 Å². The quantitative estimate of drug-likeness (QED) is 0.731. The van der Waals surface area contributed by atoms with Gasteiger partial charge in [0.25, 0.3) is 0 Å². The molecule has 1 amide bonds. The van der Waals surface area contributed by atoms with Gasteiger partial charge in [-0.05, 0) is 19.8 Å². The van der Waals surface area contributed by atoms with Gasteiger partial charge in [0.1, 0.15) is 0 Å². The fraction of sp³-hybridized carbons (Fsp3) is 0.667. The lowest BCUT2D eigenvalue weighted by atomic mass is 10.4. The van der Waals surface area contributed by atoms with Crippen molar-refractivity contribution in [3.8, 4) is 0 Å². The van der Waals surface area contributed by atoms with E-state index in [1.54, 1.807) is 6.33 Å². The third kappa shape index (κ3) is 4.19. The van der Waals surface area contributed by atoms with Crippen LogP contribution in [0.5, 0.6) is 0 Å². The number of carbonyl (C=O) groups excluding carboxylic acids is 1. The number of nitrogens with zero attached hydrogens (tertiary/aromatic N) is 2. The van der Waals surface area contributed by atoms with Crippen molar-refractivity contribution >= 4 is 5.91 Å². The van der Waals surface area contributed by atoms with Crippen LogP contribution >= 0.6 is 0 Å². The first-order valence-electron chi connectivity index (χ1n) is 6.28. The SMILES string of the molecule is CCNC(=O)CCn1cnc(CNC2CC2)c1. The predicted octanol–water partition coefficient (Wildman–Crippen LogP) is 0.661. The minimum absolute atomic E-state index is 0.0962. The van der Waals surface area contributed by atoms with E-state index in [1.165, 1.54) is 12.8 Å². The van der Waals surface area contributed by atoms with Crippen LogP contribution in [0.1, 0.15) is 31.9 Å². The van der Waals surface area contributed by atoms with E-state index in [1.807, 2.05) is 17.7 Å². The number of nitrogens with one attached hydrogen (secondary N) is 2. The molecule has 0 aromatic carbocycles. The smallest absolute Gasteiger partial charge is 0.221 e. The molecule has 0 aliphatic heterocycles. The maximum atomic E-state index is 11.3. The van der Waals surface area contributed by atoms with Crippen molar-refractivity contribution in [1.29, 1.82) is 0 Å². The molecule has 1 saturated carbocycles. The summed E-state index contributed by atoms with van der Waals surface area (Å²) in [5, 5.41) is 6.20. The molecule has 0 spiro atoms. The summed E-state index contributed by atoms with van der Waals surface area (Å²) in [5.41, 5.74) is 1.05. The Morgan fingerprint density at radius 2 is 2.41 bits per heavy atom. The number of hydrogen-bond donors (Lipinski definition) is 2. The van der Waals surface area contributed by atoms with Crippen molar-refractivity contribution in [3.05, 3.63) is 18.2 Å². The van der Waals surface area contributed by atoms with E-state index in [2.05, 4.69) is 15.6 Å². The van der Waals surface area contributed by atoms with E-state index in [0.717, 1.165) is 12.2 Å². The Morgan fingerprint density at radius 3 is 3.12 bits per heavy atom. The summed E-state index contributed by atoms with van der Waals surface area (Å²) in [4.78, 5) is 15.6. The molecule has 1 aliphatic rings. The van der Waals surface area contributed by atoms with Crippen LogP contribution in [-0.4, -0.2) is 28.0 Å². The van der Waals surface area contributed by atoms with Gasteiger partial charge in [-0.25, -0.2) is 4.98 Å². The van der Waals surface area contributed by atoms with Gasteiger partial charge in [-0.3, -0.25) is 4.79 Å². The van der Waals surface area contributed by atoms with Crippen LogP contribution < -0.4 is 10.6 Å². The average Bonchev–Trinajstić information content (AvgIpc) is 3.03. The number of rotatable bonds is 7. The summed E-state index contributed by atoms with van der Waals surface area (Å²) in [6.45, 7) is 4.15. The van der Waals surface area contributed by atoms with E-state index in [4.69, 9.17) is 0 Å². The number of aromatic nitrogens is 2. The third-order valence-electron chi connectivity index (χ3n) is 2.81. The predicted molar refractivity (Wildman–Crippen MR) is 65.4 cm³/mol. The molecule has 0 bridgehead atoms. The summed E-state index contributed by atoms with van der Waals surface area (Å²) in [7, 11) is 0. The number of carbonyl (C=O) groups is 1. The van der Waals surface area contributed by atoms with E-state index in [0.29, 0.717) is 25.6 Å². The molecule has 0 atom stereocenters. The zero-order valence-corrected chi connectivity index (χ0v) is 10.3. The van der Waals surface area contributed by atoms with Crippen LogP contribution in [0.4, 0.5) is 0 Å². The molecule has 94 valence electrons. The molecule has 2 N–H and O–H groups in total. The highest BCUT2D eigenvalue weighted by molar-refractivity contribution is 5.75. The van der Waals surface area contributed by atoms with Gasteiger partial charge in [-0.15, -0.1) is 0 Å². The Labute approximate surface area is 102 Å². The molecule has 1 aromatic heterocycles. The highest BCUT2D eigenvalue weighted by Crippen LogP contribution is 2.18. The van der Waals surface area contributed by atoms with Crippen molar-refractivity contribution in [2.45, 2.75) is 45.3 Å². The maximum Gasteiger partial charge on any atom is 0.221 e. The Morgan fingerprint density at radius 1 is 1.59 bits per heavy atom. The van der Waals surface area contributed by atoms with E-state index in [9.17, 15) is 4.79 Å². The number of aryl methyl sites for hydroxylation is 1. The van der Waals surface area contributed by atoms with Crippen molar-refractivity contribution in [2.75, 3.05) is 6.54 Å². The molecule has 0 unspecified atom stereocenters. The van der Waals surface area contributed by atoms with Crippen LogP contribution in [0.15, 0.2) is 12.5 Å². The fourth-order valence-corrected chi connectivity index (χ4v) is 1.67. The first-order valence-corrected chi connectivity index (χ1v) is 6.28. The van der Waals surface area contributed by atoms with Crippen molar-refractivity contribution < 1.29 is 4.79 Å². The highest BCUT2D eigenvalue weighted by atomic mass is 16.1. The lowest BCUT2D eigenvalue weighted by Crippen LogP contribution is -2.23. The largest absolute Gasteiger partial charge is 0.356 e. The second kappa shape index (κ2) is 5.82.